The van der Waals surface area contributed by atoms with E-state index in [1.807, 2.05) is 0 Å². The topological polar surface area (TPSA) is 214 Å². The second-order valence-corrected chi connectivity index (χ2v) is 17.6. The van der Waals surface area contributed by atoms with Crippen molar-refractivity contribution in [1.29, 1.82) is 0 Å². The van der Waals surface area contributed by atoms with Gasteiger partial charge >= 0.3 is 5.97 Å². The minimum Gasteiger partial charge on any atom is -0.457 e. The molecule has 11 atom stereocenters. The van der Waals surface area contributed by atoms with Crippen LogP contribution in [0.4, 0.5) is 0 Å². The Morgan fingerprint density at radius 3 is 1.52 bits per heavy atom. The van der Waals surface area contributed by atoms with Gasteiger partial charge in [-0.05, 0) is 70.6 Å². The molecule has 0 saturated carbocycles. The van der Waals surface area contributed by atoms with Gasteiger partial charge in [0.25, 0.3) is 0 Å². The molecule has 0 radical (unpaired) electrons. The molecule has 0 aliphatic carbocycles. The van der Waals surface area contributed by atoms with E-state index >= 15 is 0 Å². The fourth-order valence-electron chi connectivity index (χ4n) is 7.72. The predicted molar refractivity (Wildman–Crippen MR) is 247 cm³/mol. The first kappa shape index (κ1) is 58.3. The number of unbranched alkanes of at least 4 members (excludes halogenated alkanes) is 19. The fraction of sp³-hybridized carbons (Fsp3) is 0.860. The number of esters is 1. The van der Waals surface area contributed by atoms with Crippen molar-refractivity contribution in [2.45, 2.75) is 242 Å². The summed E-state index contributed by atoms with van der Waals surface area (Å²) in [6, 6.07) is 0. The number of rotatable bonds is 39. The maximum absolute atomic E-state index is 13.0. The maximum Gasteiger partial charge on any atom is 0.306 e. The number of ether oxygens (including phenoxy) is 6. The Kier molecular flexibility index (Phi) is 34.8. The molecular formula is C50H90O14. The first-order valence-corrected chi connectivity index (χ1v) is 25.1. The predicted octanol–water partition coefficient (Wildman–Crippen LogP) is 7.02. The van der Waals surface area contributed by atoms with Crippen LogP contribution in [0.15, 0.2) is 36.5 Å². The van der Waals surface area contributed by atoms with Crippen LogP contribution < -0.4 is 0 Å². The van der Waals surface area contributed by atoms with E-state index in [-0.39, 0.29) is 25.6 Å². The standard InChI is InChI=1S/C50H90O14/c1-3-5-7-9-11-13-15-17-18-19-20-21-22-24-26-28-30-32-34-59-36-39(62-42(52)33-31-29-27-25-23-16-14-12-10-8-6-4-2)37-60-49-48(58)46(56)44(54)41(64-49)38-61-50-47(57)45(55)43(53)40(35-51)63-50/h11-14,17-18,39-41,43-51,53-58H,3-10,15-16,19-38H2,1-2H3/b13-11-,14-12-,18-17-. The Morgan fingerprint density at radius 2 is 0.969 bits per heavy atom. The van der Waals surface area contributed by atoms with Gasteiger partial charge in [0.05, 0.1) is 26.4 Å². The molecule has 2 aliphatic rings. The summed E-state index contributed by atoms with van der Waals surface area (Å²) in [4.78, 5) is 13.0. The number of carbonyl (C=O) groups is 1. The molecule has 0 aromatic heterocycles. The molecular weight excluding hydrogens is 825 g/mol. The van der Waals surface area contributed by atoms with Gasteiger partial charge < -0.3 is 64.2 Å². The van der Waals surface area contributed by atoms with E-state index in [0.29, 0.717) is 13.0 Å². The summed E-state index contributed by atoms with van der Waals surface area (Å²) in [6.45, 7) is 3.61. The van der Waals surface area contributed by atoms with Crippen LogP contribution in [0.25, 0.3) is 0 Å². The molecule has 7 N–H and O–H groups in total. The first-order valence-electron chi connectivity index (χ1n) is 25.1. The van der Waals surface area contributed by atoms with E-state index in [9.17, 15) is 40.5 Å². The molecule has 2 fully saturated rings. The lowest BCUT2D eigenvalue weighted by molar-refractivity contribution is -0.332. The zero-order chi connectivity index (χ0) is 46.6. The normalized spacial score (nSPS) is 27.0. The van der Waals surface area contributed by atoms with Crippen LogP contribution in [0.2, 0.25) is 0 Å². The van der Waals surface area contributed by atoms with Crippen LogP contribution in [-0.2, 0) is 33.2 Å². The van der Waals surface area contributed by atoms with Crippen LogP contribution >= 0.6 is 0 Å². The van der Waals surface area contributed by atoms with Crippen molar-refractivity contribution < 1.29 is 69.0 Å². The van der Waals surface area contributed by atoms with E-state index in [0.717, 1.165) is 70.6 Å². The minimum atomic E-state index is -1.71. The number of hydrogen-bond donors (Lipinski definition) is 7. The van der Waals surface area contributed by atoms with E-state index in [4.69, 9.17) is 28.4 Å². The lowest BCUT2D eigenvalue weighted by atomic mass is 9.98. The van der Waals surface area contributed by atoms with Crippen molar-refractivity contribution in [1.82, 2.24) is 0 Å². The van der Waals surface area contributed by atoms with E-state index in [1.165, 1.54) is 77.0 Å². The van der Waals surface area contributed by atoms with Gasteiger partial charge in [-0.15, -0.1) is 0 Å². The third kappa shape index (κ3) is 25.9. The molecule has 2 aliphatic heterocycles. The molecule has 374 valence electrons. The first-order chi connectivity index (χ1) is 31.1. The summed E-state index contributed by atoms with van der Waals surface area (Å²) in [5.74, 6) is -0.389. The molecule has 0 aromatic rings. The van der Waals surface area contributed by atoms with Gasteiger partial charge in [-0.2, -0.15) is 0 Å². The zero-order valence-electron chi connectivity index (χ0n) is 39.5. The van der Waals surface area contributed by atoms with Crippen molar-refractivity contribution in [3.63, 3.8) is 0 Å². The minimum absolute atomic E-state index is 0.0546. The molecule has 2 saturated heterocycles. The summed E-state index contributed by atoms with van der Waals surface area (Å²) < 4.78 is 34.2. The smallest absolute Gasteiger partial charge is 0.306 e. The molecule has 2 rings (SSSR count). The Balaban J connectivity index is 1.77. The number of hydrogen-bond acceptors (Lipinski definition) is 14. The van der Waals surface area contributed by atoms with Gasteiger partial charge in [0.2, 0.25) is 0 Å². The van der Waals surface area contributed by atoms with E-state index in [2.05, 4.69) is 50.3 Å². The van der Waals surface area contributed by atoms with Gasteiger partial charge in [-0.3, -0.25) is 4.79 Å². The number of carbonyl (C=O) groups excluding carboxylic acids is 1. The second kappa shape index (κ2) is 38.2. The zero-order valence-corrected chi connectivity index (χ0v) is 39.5. The molecule has 0 spiro atoms. The van der Waals surface area contributed by atoms with Crippen molar-refractivity contribution in [2.75, 3.05) is 33.0 Å². The maximum atomic E-state index is 13.0. The fourth-order valence-corrected chi connectivity index (χ4v) is 7.72. The second-order valence-electron chi connectivity index (χ2n) is 17.6. The summed E-state index contributed by atoms with van der Waals surface area (Å²) in [7, 11) is 0. The molecule has 0 bridgehead atoms. The van der Waals surface area contributed by atoms with Crippen LogP contribution in [0.5, 0.6) is 0 Å². The van der Waals surface area contributed by atoms with Crippen molar-refractivity contribution in [3.8, 4) is 0 Å². The van der Waals surface area contributed by atoms with E-state index in [1.54, 1.807) is 0 Å². The highest BCUT2D eigenvalue weighted by atomic mass is 16.7. The molecule has 11 unspecified atom stereocenters. The highest BCUT2D eigenvalue weighted by Crippen LogP contribution is 2.26. The molecule has 0 aromatic carbocycles. The Hall–Kier alpha value is -1.79. The van der Waals surface area contributed by atoms with E-state index < -0.39 is 80.7 Å². The third-order valence-electron chi connectivity index (χ3n) is 11.9. The number of aliphatic hydroxyl groups is 7. The quantitative estimate of drug-likeness (QED) is 0.0188. The number of aliphatic hydroxyl groups excluding tert-OH is 7. The average Bonchev–Trinajstić information content (AvgIpc) is 3.29. The van der Waals surface area contributed by atoms with Gasteiger partial charge in [-0.25, -0.2) is 0 Å². The van der Waals surface area contributed by atoms with Crippen LogP contribution in [0.1, 0.15) is 174 Å². The highest BCUT2D eigenvalue weighted by molar-refractivity contribution is 5.69. The molecule has 0 amide bonds. The van der Waals surface area contributed by atoms with Gasteiger partial charge in [-0.1, -0.05) is 134 Å². The van der Waals surface area contributed by atoms with Gasteiger partial charge in [0.1, 0.15) is 54.9 Å². The average molecular weight is 915 g/mol. The van der Waals surface area contributed by atoms with Crippen LogP contribution in [-0.4, -0.2) is 142 Å². The molecule has 64 heavy (non-hydrogen) atoms. The Bertz CT molecular complexity index is 1200. The monoisotopic (exact) mass is 915 g/mol. The SMILES string of the molecule is CCCCC/C=C\C/C=C\CCCCCCCCCCOCC(COC1OC(COC2OC(CO)C(O)C(O)C2O)C(O)C(O)C1O)OC(=O)CCCCCCC/C=C\CCCCC. The van der Waals surface area contributed by atoms with Crippen molar-refractivity contribution in [2.24, 2.45) is 0 Å². The summed E-state index contributed by atoms with van der Waals surface area (Å²) in [6.07, 6.45) is 24.9. The van der Waals surface area contributed by atoms with Gasteiger partial charge in [0, 0.05) is 13.0 Å². The summed E-state index contributed by atoms with van der Waals surface area (Å²) >= 11 is 0. The summed E-state index contributed by atoms with van der Waals surface area (Å²) in [5.41, 5.74) is 0. The van der Waals surface area contributed by atoms with Crippen LogP contribution in [0, 0.1) is 0 Å². The van der Waals surface area contributed by atoms with Gasteiger partial charge in [0.15, 0.2) is 12.6 Å². The highest BCUT2D eigenvalue weighted by Gasteiger charge is 2.47. The third-order valence-corrected chi connectivity index (χ3v) is 11.9. The molecule has 14 nitrogen and oxygen atoms in total. The lowest BCUT2D eigenvalue weighted by Gasteiger charge is -2.42. The summed E-state index contributed by atoms with van der Waals surface area (Å²) in [5, 5.41) is 72.0. The molecule has 14 heteroatoms. The lowest BCUT2D eigenvalue weighted by Crippen LogP contribution is -2.61. The van der Waals surface area contributed by atoms with Crippen molar-refractivity contribution >= 4 is 5.97 Å². The Morgan fingerprint density at radius 1 is 0.516 bits per heavy atom. The van der Waals surface area contributed by atoms with Crippen molar-refractivity contribution in [3.05, 3.63) is 36.5 Å². The Labute approximate surface area is 385 Å². The molecule has 2 heterocycles. The largest absolute Gasteiger partial charge is 0.457 e. The van der Waals surface area contributed by atoms with Crippen LogP contribution in [0.3, 0.4) is 0 Å². The number of allylic oxidation sites excluding steroid dienone is 6.